The summed E-state index contributed by atoms with van der Waals surface area (Å²) in [5.41, 5.74) is 3.71. The van der Waals surface area contributed by atoms with E-state index in [-0.39, 0.29) is 5.56 Å². The van der Waals surface area contributed by atoms with Gasteiger partial charge in [0.15, 0.2) is 0 Å². The topological polar surface area (TPSA) is 71.1 Å². The number of pyridine rings is 1. The Morgan fingerprint density at radius 3 is 2.68 bits per heavy atom. The van der Waals surface area contributed by atoms with Gasteiger partial charge in [0.1, 0.15) is 11.6 Å². The number of benzene rings is 1. The van der Waals surface area contributed by atoms with Gasteiger partial charge in [-0.3, -0.25) is 14.7 Å². The van der Waals surface area contributed by atoms with Crippen LogP contribution in [0.1, 0.15) is 30.2 Å². The van der Waals surface area contributed by atoms with Gasteiger partial charge in [-0.05, 0) is 36.2 Å². The predicted octanol–water partition coefficient (Wildman–Crippen LogP) is 3.18. The van der Waals surface area contributed by atoms with E-state index in [0.29, 0.717) is 12.4 Å². The molecule has 1 aliphatic heterocycles. The molecule has 0 unspecified atom stereocenters. The summed E-state index contributed by atoms with van der Waals surface area (Å²) >= 11 is 0. The van der Waals surface area contributed by atoms with E-state index < -0.39 is 0 Å². The largest absolute Gasteiger partial charge is 0.494 e. The van der Waals surface area contributed by atoms with Gasteiger partial charge in [0.2, 0.25) is 0 Å². The lowest BCUT2D eigenvalue weighted by molar-refractivity contribution is 0.241. The van der Waals surface area contributed by atoms with E-state index in [1.165, 1.54) is 5.56 Å². The Bertz CT molecular complexity index is 984. The van der Waals surface area contributed by atoms with E-state index >= 15 is 0 Å². The third-order valence-electron chi connectivity index (χ3n) is 4.90. The number of fused-ring (bicyclic) bond motifs is 1. The molecule has 0 radical (unpaired) electrons. The van der Waals surface area contributed by atoms with Crippen LogP contribution in [0.15, 0.2) is 53.6 Å². The van der Waals surface area contributed by atoms with Crippen LogP contribution in [0.5, 0.6) is 5.75 Å². The minimum atomic E-state index is -0.0511. The van der Waals surface area contributed by atoms with Crippen molar-refractivity contribution in [1.82, 2.24) is 19.9 Å². The number of H-pyrrole nitrogens is 1. The van der Waals surface area contributed by atoms with Crippen molar-refractivity contribution in [1.29, 1.82) is 0 Å². The average molecular weight is 376 g/mol. The molecule has 0 bridgehead atoms. The standard InChI is InChI=1S/C22H24N4O2/c1-2-13-28-18-5-3-16(4-6-18)14-26-12-9-20-19(15-26)22(27)25-21(24-20)17-7-10-23-11-8-17/h3-8,10-11H,2,9,12-15H2,1H3,(H,24,25,27). The summed E-state index contributed by atoms with van der Waals surface area (Å²) < 4.78 is 5.64. The Morgan fingerprint density at radius 1 is 1.14 bits per heavy atom. The third kappa shape index (κ3) is 4.12. The first-order valence-corrected chi connectivity index (χ1v) is 9.69. The summed E-state index contributed by atoms with van der Waals surface area (Å²) in [6, 6.07) is 11.9. The smallest absolute Gasteiger partial charge is 0.255 e. The molecule has 3 aromatic rings. The lowest BCUT2D eigenvalue weighted by Crippen LogP contribution is -2.35. The van der Waals surface area contributed by atoms with Gasteiger partial charge < -0.3 is 9.72 Å². The van der Waals surface area contributed by atoms with E-state index in [0.717, 1.165) is 55.1 Å². The van der Waals surface area contributed by atoms with Crippen molar-refractivity contribution in [3.05, 3.63) is 76.0 Å². The Labute approximate surface area is 164 Å². The second kappa shape index (κ2) is 8.35. The SMILES string of the molecule is CCCOc1ccc(CN2CCc3nc(-c4ccncc4)[nH]c(=O)c3C2)cc1. The van der Waals surface area contributed by atoms with E-state index in [1.807, 2.05) is 24.3 Å². The monoisotopic (exact) mass is 376 g/mol. The predicted molar refractivity (Wildman–Crippen MR) is 108 cm³/mol. The third-order valence-corrected chi connectivity index (χ3v) is 4.90. The second-order valence-corrected chi connectivity index (χ2v) is 7.03. The van der Waals surface area contributed by atoms with Crippen LogP contribution in [0, 0.1) is 0 Å². The van der Waals surface area contributed by atoms with Crippen LogP contribution in [0.3, 0.4) is 0 Å². The molecule has 1 N–H and O–H groups in total. The van der Waals surface area contributed by atoms with Crippen molar-refractivity contribution in [3.8, 4) is 17.1 Å². The number of ether oxygens (including phenoxy) is 1. The highest BCUT2D eigenvalue weighted by molar-refractivity contribution is 5.54. The molecule has 4 rings (SSSR count). The van der Waals surface area contributed by atoms with Gasteiger partial charge in [-0.1, -0.05) is 19.1 Å². The highest BCUT2D eigenvalue weighted by Crippen LogP contribution is 2.20. The fourth-order valence-electron chi connectivity index (χ4n) is 3.43. The van der Waals surface area contributed by atoms with E-state index in [2.05, 4.69) is 33.9 Å². The Kier molecular flexibility index (Phi) is 5.48. The molecule has 0 saturated carbocycles. The molecule has 0 amide bonds. The highest BCUT2D eigenvalue weighted by atomic mass is 16.5. The molecule has 6 nitrogen and oxygen atoms in total. The van der Waals surface area contributed by atoms with Gasteiger partial charge in [0.05, 0.1) is 17.9 Å². The zero-order chi connectivity index (χ0) is 19.3. The van der Waals surface area contributed by atoms with Gasteiger partial charge in [0, 0.05) is 44.0 Å². The molecule has 0 aliphatic carbocycles. The number of hydrogen-bond donors (Lipinski definition) is 1. The van der Waals surface area contributed by atoms with Gasteiger partial charge in [-0.2, -0.15) is 0 Å². The van der Waals surface area contributed by atoms with Crippen LogP contribution in [-0.2, 0) is 19.5 Å². The van der Waals surface area contributed by atoms with Crippen LogP contribution < -0.4 is 10.3 Å². The maximum absolute atomic E-state index is 12.6. The van der Waals surface area contributed by atoms with Crippen LogP contribution in [0.25, 0.3) is 11.4 Å². The van der Waals surface area contributed by atoms with E-state index in [9.17, 15) is 4.79 Å². The first kappa shape index (κ1) is 18.4. The number of nitrogens with one attached hydrogen (secondary N) is 1. The zero-order valence-corrected chi connectivity index (χ0v) is 16.0. The van der Waals surface area contributed by atoms with Crippen molar-refractivity contribution >= 4 is 0 Å². The summed E-state index contributed by atoms with van der Waals surface area (Å²) in [6.07, 6.45) is 5.18. The summed E-state index contributed by atoms with van der Waals surface area (Å²) in [5, 5.41) is 0. The van der Waals surface area contributed by atoms with Gasteiger partial charge in [-0.15, -0.1) is 0 Å². The van der Waals surface area contributed by atoms with Gasteiger partial charge >= 0.3 is 0 Å². The quantitative estimate of drug-likeness (QED) is 0.715. The molecule has 0 fully saturated rings. The lowest BCUT2D eigenvalue weighted by atomic mass is 10.1. The maximum atomic E-state index is 12.6. The first-order chi connectivity index (χ1) is 13.7. The van der Waals surface area contributed by atoms with Crippen molar-refractivity contribution in [2.45, 2.75) is 32.9 Å². The molecular formula is C22H24N4O2. The van der Waals surface area contributed by atoms with Crippen molar-refractivity contribution in [2.24, 2.45) is 0 Å². The van der Waals surface area contributed by atoms with Crippen LogP contribution >= 0.6 is 0 Å². The van der Waals surface area contributed by atoms with Crippen molar-refractivity contribution in [2.75, 3.05) is 13.2 Å². The maximum Gasteiger partial charge on any atom is 0.255 e. The second-order valence-electron chi connectivity index (χ2n) is 7.03. The van der Waals surface area contributed by atoms with Crippen molar-refractivity contribution in [3.63, 3.8) is 0 Å². The minimum absolute atomic E-state index is 0.0511. The fourth-order valence-corrected chi connectivity index (χ4v) is 3.43. The number of aromatic nitrogens is 3. The van der Waals surface area contributed by atoms with Crippen LogP contribution in [-0.4, -0.2) is 33.0 Å². The number of aromatic amines is 1. The molecule has 0 spiro atoms. The van der Waals surface area contributed by atoms with Gasteiger partial charge in [0.25, 0.3) is 5.56 Å². The summed E-state index contributed by atoms with van der Waals surface area (Å²) in [6.45, 7) is 5.13. The molecule has 1 aromatic carbocycles. The number of rotatable bonds is 6. The summed E-state index contributed by atoms with van der Waals surface area (Å²) in [4.78, 5) is 26.6. The number of hydrogen-bond acceptors (Lipinski definition) is 5. The Hall–Kier alpha value is -2.99. The average Bonchev–Trinajstić information content (AvgIpc) is 2.74. The summed E-state index contributed by atoms with van der Waals surface area (Å²) in [5.74, 6) is 1.51. The van der Waals surface area contributed by atoms with Crippen LogP contribution in [0.2, 0.25) is 0 Å². The highest BCUT2D eigenvalue weighted by Gasteiger charge is 2.21. The zero-order valence-electron chi connectivity index (χ0n) is 16.0. The molecule has 144 valence electrons. The summed E-state index contributed by atoms with van der Waals surface area (Å²) in [7, 11) is 0. The normalized spacial score (nSPS) is 13.9. The van der Waals surface area contributed by atoms with Gasteiger partial charge in [-0.25, -0.2) is 4.98 Å². The Balaban J connectivity index is 1.47. The van der Waals surface area contributed by atoms with E-state index in [4.69, 9.17) is 9.72 Å². The molecular weight excluding hydrogens is 352 g/mol. The molecule has 0 atom stereocenters. The van der Waals surface area contributed by atoms with Crippen molar-refractivity contribution < 1.29 is 4.74 Å². The fraction of sp³-hybridized carbons (Fsp3) is 0.318. The minimum Gasteiger partial charge on any atom is -0.494 e. The molecule has 1 aliphatic rings. The molecule has 0 saturated heterocycles. The van der Waals surface area contributed by atoms with Crippen LogP contribution in [0.4, 0.5) is 0 Å². The first-order valence-electron chi connectivity index (χ1n) is 9.69. The number of nitrogens with zero attached hydrogens (tertiary/aromatic N) is 3. The molecule has 2 aromatic heterocycles. The molecule has 6 heteroatoms. The molecule has 3 heterocycles. The Morgan fingerprint density at radius 2 is 1.93 bits per heavy atom. The molecule has 28 heavy (non-hydrogen) atoms. The lowest BCUT2D eigenvalue weighted by Gasteiger charge is -2.27. The van der Waals surface area contributed by atoms with E-state index in [1.54, 1.807) is 12.4 Å².